The van der Waals surface area contributed by atoms with Crippen molar-refractivity contribution in [2.75, 3.05) is 54.0 Å². The van der Waals surface area contributed by atoms with E-state index in [9.17, 15) is 8.42 Å². The van der Waals surface area contributed by atoms with Crippen molar-refractivity contribution in [1.82, 2.24) is 4.90 Å². The Bertz CT molecular complexity index is 1190. The lowest BCUT2D eigenvalue weighted by molar-refractivity contribution is 0.391. The molecular formula is C27H37N5O2S2. The number of nitrogens with two attached hydrogens (primary N) is 1. The molecule has 0 heterocycles. The van der Waals surface area contributed by atoms with E-state index in [1.54, 1.807) is 36.0 Å². The predicted octanol–water partition coefficient (Wildman–Crippen LogP) is 5.42. The number of nitrogen functional groups attached to an aromatic ring is 1. The Balaban J connectivity index is 1.68. The second-order valence-corrected chi connectivity index (χ2v) is 11.7. The molecule has 0 aromatic heterocycles. The van der Waals surface area contributed by atoms with E-state index in [0.29, 0.717) is 11.4 Å². The maximum absolute atomic E-state index is 13.0. The number of nitrogens with one attached hydrogen (secondary N) is 3. The van der Waals surface area contributed by atoms with Gasteiger partial charge in [0, 0.05) is 34.6 Å². The molecule has 0 saturated carbocycles. The Morgan fingerprint density at radius 2 is 1.67 bits per heavy atom. The number of anilines is 4. The van der Waals surface area contributed by atoms with Gasteiger partial charge in [0.25, 0.3) is 10.0 Å². The van der Waals surface area contributed by atoms with Gasteiger partial charge in [0.1, 0.15) is 0 Å². The highest BCUT2D eigenvalue weighted by molar-refractivity contribution is 7.99. The number of rotatable bonds is 14. The second kappa shape index (κ2) is 13.4. The molecule has 3 aromatic rings. The normalized spacial score (nSPS) is 12.3. The van der Waals surface area contributed by atoms with Crippen molar-refractivity contribution in [3.8, 4) is 0 Å². The molecular weight excluding hydrogens is 490 g/mol. The fourth-order valence-corrected chi connectivity index (χ4v) is 5.61. The number of sulfonamides is 1. The highest BCUT2D eigenvalue weighted by atomic mass is 32.2. The van der Waals surface area contributed by atoms with Gasteiger partial charge in [-0.15, -0.1) is 11.8 Å². The van der Waals surface area contributed by atoms with Crippen LogP contribution >= 0.6 is 11.8 Å². The van der Waals surface area contributed by atoms with Gasteiger partial charge in [-0.3, -0.25) is 4.72 Å². The molecule has 3 rings (SSSR count). The number of thioether (sulfide) groups is 1. The molecule has 3 aromatic carbocycles. The minimum Gasteiger partial charge on any atom is -0.397 e. The molecule has 0 radical (unpaired) electrons. The molecule has 1 unspecified atom stereocenters. The molecule has 194 valence electrons. The van der Waals surface area contributed by atoms with Crippen LogP contribution in [-0.4, -0.2) is 52.3 Å². The summed E-state index contributed by atoms with van der Waals surface area (Å²) in [4.78, 5) is 3.49. The Kier molecular flexibility index (Phi) is 10.3. The van der Waals surface area contributed by atoms with Gasteiger partial charge < -0.3 is 21.3 Å². The average Bonchev–Trinajstić information content (AvgIpc) is 2.86. The third-order valence-electron chi connectivity index (χ3n) is 5.53. The predicted molar refractivity (Wildman–Crippen MR) is 155 cm³/mol. The molecule has 0 amide bonds. The molecule has 1 atom stereocenters. The molecule has 7 nitrogen and oxygen atoms in total. The van der Waals surface area contributed by atoms with Crippen LogP contribution in [0.1, 0.15) is 19.8 Å². The topological polar surface area (TPSA) is 99.5 Å². The number of benzene rings is 3. The van der Waals surface area contributed by atoms with E-state index >= 15 is 0 Å². The lowest BCUT2D eigenvalue weighted by atomic mass is 10.2. The molecule has 5 N–H and O–H groups in total. The smallest absolute Gasteiger partial charge is 0.261 e. The van der Waals surface area contributed by atoms with Gasteiger partial charge >= 0.3 is 0 Å². The molecule has 0 aliphatic rings. The fraction of sp³-hybridized carbons (Fsp3) is 0.333. The van der Waals surface area contributed by atoms with Crippen molar-refractivity contribution >= 4 is 44.5 Å². The first-order valence-electron chi connectivity index (χ1n) is 12.1. The number of hydrogen-bond acceptors (Lipinski definition) is 7. The summed E-state index contributed by atoms with van der Waals surface area (Å²) in [5.41, 5.74) is 8.89. The molecule has 0 spiro atoms. The lowest BCUT2D eigenvalue weighted by Gasteiger charge is -2.23. The molecule has 36 heavy (non-hydrogen) atoms. The van der Waals surface area contributed by atoms with Crippen molar-refractivity contribution in [3.05, 3.63) is 72.8 Å². The van der Waals surface area contributed by atoms with Gasteiger partial charge in [0.15, 0.2) is 0 Å². The zero-order chi connectivity index (χ0) is 26.0. The summed E-state index contributed by atoms with van der Waals surface area (Å²) in [5.74, 6) is 0.863. The zero-order valence-corrected chi connectivity index (χ0v) is 22.8. The minimum atomic E-state index is -3.77. The molecule has 0 aliphatic heterocycles. The highest BCUT2D eigenvalue weighted by Crippen LogP contribution is 2.27. The first kappa shape index (κ1) is 27.7. The van der Waals surface area contributed by atoms with E-state index in [1.165, 1.54) is 11.0 Å². The summed E-state index contributed by atoms with van der Waals surface area (Å²) in [7, 11) is 0.339. The summed E-state index contributed by atoms with van der Waals surface area (Å²) < 4.78 is 28.6. The van der Waals surface area contributed by atoms with Crippen LogP contribution in [0, 0.1) is 0 Å². The minimum absolute atomic E-state index is 0.127. The van der Waals surface area contributed by atoms with Gasteiger partial charge in [-0.05, 0) is 88.1 Å². The maximum Gasteiger partial charge on any atom is 0.261 e. The second-order valence-electron chi connectivity index (χ2n) is 8.92. The van der Waals surface area contributed by atoms with Crippen molar-refractivity contribution in [2.45, 2.75) is 35.6 Å². The van der Waals surface area contributed by atoms with Crippen LogP contribution in [-0.2, 0) is 10.0 Å². The Morgan fingerprint density at radius 1 is 0.972 bits per heavy atom. The van der Waals surface area contributed by atoms with Crippen molar-refractivity contribution in [2.24, 2.45) is 0 Å². The quantitative estimate of drug-likeness (QED) is 0.164. The largest absolute Gasteiger partial charge is 0.397 e. The Labute approximate surface area is 219 Å². The summed E-state index contributed by atoms with van der Waals surface area (Å²) in [5, 5.41) is 6.80. The number of hydrogen-bond donors (Lipinski definition) is 4. The van der Waals surface area contributed by atoms with Crippen LogP contribution in [0.5, 0.6) is 0 Å². The van der Waals surface area contributed by atoms with Gasteiger partial charge in [-0.25, -0.2) is 8.42 Å². The van der Waals surface area contributed by atoms with Gasteiger partial charge in [-0.1, -0.05) is 25.1 Å². The molecule has 0 saturated heterocycles. The number of nitrogens with zero attached hydrogens (tertiary/aromatic N) is 1. The van der Waals surface area contributed by atoms with E-state index in [2.05, 4.69) is 53.4 Å². The van der Waals surface area contributed by atoms with E-state index in [0.717, 1.165) is 43.1 Å². The van der Waals surface area contributed by atoms with Crippen molar-refractivity contribution in [3.63, 3.8) is 0 Å². The van der Waals surface area contributed by atoms with Crippen molar-refractivity contribution < 1.29 is 8.42 Å². The van der Waals surface area contributed by atoms with E-state index < -0.39 is 10.0 Å². The Hall–Kier alpha value is -2.88. The summed E-state index contributed by atoms with van der Waals surface area (Å²) in [6.07, 6.45) is 1.94. The van der Waals surface area contributed by atoms with Crippen molar-refractivity contribution in [1.29, 1.82) is 0 Å². The van der Waals surface area contributed by atoms with Gasteiger partial charge in [0.05, 0.1) is 16.3 Å². The first-order chi connectivity index (χ1) is 17.3. The Morgan fingerprint density at radius 3 is 2.31 bits per heavy atom. The van der Waals surface area contributed by atoms with E-state index in [-0.39, 0.29) is 10.9 Å². The van der Waals surface area contributed by atoms with Crippen LogP contribution in [0.25, 0.3) is 0 Å². The monoisotopic (exact) mass is 527 g/mol. The fourth-order valence-electron chi connectivity index (χ4n) is 3.52. The molecule has 9 heteroatoms. The third-order valence-corrected chi connectivity index (χ3v) is 8.08. The van der Waals surface area contributed by atoms with E-state index in [1.807, 2.05) is 30.3 Å². The summed E-state index contributed by atoms with van der Waals surface area (Å²) in [6, 6.07) is 22.5. The molecule has 0 aliphatic carbocycles. The SMILES string of the molecule is CCCNc1ccc(NS(=O)(=O)c2ccc(NC(CCN(C)C)CSc3ccccc3)c(N)c2)cc1. The third kappa shape index (κ3) is 8.65. The summed E-state index contributed by atoms with van der Waals surface area (Å²) in [6.45, 7) is 3.89. The van der Waals surface area contributed by atoms with Crippen LogP contribution in [0.3, 0.4) is 0 Å². The lowest BCUT2D eigenvalue weighted by Crippen LogP contribution is -2.28. The van der Waals surface area contributed by atoms with Crippen LogP contribution in [0.15, 0.2) is 82.6 Å². The van der Waals surface area contributed by atoms with Crippen LogP contribution < -0.4 is 21.1 Å². The standard InChI is InChI=1S/C27H37N5O2S2/c1-4-17-29-21-10-12-22(13-11-21)31-36(33,34)25-14-15-27(26(28)19-25)30-23(16-18-32(2)3)20-35-24-8-6-5-7-9-24/h5-15,19,23,29-31H,4,16-18,20,28H2,1-3H3. The van der Waals surface area contributed by atoms with Gasteiger partial charge in [0.2, 0.25) is 0 Å². The molecule has 0 fully saturated rings. The maximum atomic E-state index is 13.0. The molecule has 0 bridgehead atoms. The van der Waals surface area contributed by atoms with Gasteiger partial charge in [-0.2, -0.15) is 0 Å². The van der Waals surface area contributed by atoms with E-state index in [4.69, 9.17) is 5.73 Å². The summed E-state index contributed by atoms with van der Waals surface area (Å²) >= 11 is 1.79. The average molecular weight is 528 g/mol. The van der Waals surface area contributed by atoms with Crippen LogP contribution in [0.2, 0.25) is 0 Å². The van der Waals surface area contributed by atoms with Crippen LogP contribution in [0.4, 0.5) is 22.7 Å². The zero-order valence-electron chi connectivity index (χ0n) is 21.2. The first-order valence-corrected chi connectivity index (χ1v) is 14.6. The highest BCUT2D eigenvalue weighted by Gasteiger charge is 2.17.